The zero-order valence-electron chi connectivity index (χ0n) is 11.7. The lowest BCUT2D eigenvalue weighted by atomic mass is 10.9. The summed E-state index contributed by atoms with van der Waals surface area (Å²) >= 11 is 7.36. The molecule has 0 rings (SSSR count). The lowest BCUT2D eigenvalue weighted by Crippen LogP contribution is -2.27. The molecule has 0 aromatic heterocycles. The van der Waals surface area contributed by atoms with E-state index >= 15 is 0 Å². The van der Waals surface area contributed by atoms with Gasteiger partial charge in [0.1, 0.15) is 0 Å². The molecule has 0 aliphatic carbocycles. The van der Waals surface area contributed by atoms with Crippen LogP contribution in [0.2, 0.25) is 0 Å². The van der Waals surface area contributed by atoms with E-state index in [1.54, 1.807) is 0 Å². The number of rotatable bonds is 6. The predicted molar refractivity (Wildman–Crippen MR) is 83.0 cm³/mol. The third-order valence-corrected chi connectivity index (χ3v) is 2.73. The lowest BCUT2D eigenvalue weighted by molar-refractivity contribution is 0.107. The van der Waals surface area contributed by atoms with Crippen molar-refractivity contribution in [2.75, 3.05) is 26.9 Å². The number of thiocarbonyl (C=S) groups is 1. The van der Waals surface area contributed by atoms with Crippen LogP contribution in [0.3, 0.4) is 0 Å². The number of carbonyl (C=O) groups excluding carboxylic acids is 1. The van der Waals surface area contributed by atoms with Crippen molar-refractivity contribution in [1.82, 2.24) is 0 Å². The van der Waals surface area contributed by atoms with E-state index in [9.17, 15) is 0 Å². The summed E-state index contributed by atoms with van der Waals surface area (Å²) in [5, 5.41) is -0.551. The topological polar surface area (TPSA) is 106 Å². The van der Waals surface area contributed by atoms with Crippen LogP contribution >= 0.6 is 24.8 Å². The normalized spacial score (nSPS) is 8.74. The maximum atomic E-state index is 9.09. The summed E-state index contributed by atoms with van der Waals surface area (Å²) in [6.07, 6.45) is 0. The molecule has 0 aromatic rings. The van der Waals surface area contributed by atoms with Gasteiger partial charge in [-0.3, -0.25) is 4.79 Å². The monoisotopic (exact) mass is 331 g/mol. The maximum absolute atomic E-state index is 9.09. The van der Waals surface area contributed by atoms with E-state index in [0.29, 0.717) is 19.8 Å². The number of primary amides is 1. The Bertz CT molecular complexity index is 207. The van der Waals surface area contributed by atoms with Gasteiger partial charge in [0, 0.05) is 19.8 Å². The highest BCUT2D eigenvalue weighted by Gasteiger charge is 2.15. The van der Waals surface area contributed by atoms with E-state index in [2.05, 4.69) is 35.3 Å². The number of hydrogen-bond acceptors (Lipinski definition) is 6. The fraction of sp³-hybridized carbons (Fsp3) is 0.778. The van der Waals surface area contributed by atoms with Crippen LogP contribution in [-0.4, -0.2) is 46.9 Å². The van der Waals surface area contributed by atoms with Crippen LogP contribution in [0.15, 0.2) is 0 Å². The second-order valence-electron chi connectivity index (χ2n) is 2.41. The summed E-state index contributed by atoms with van der Waals surface area (Å²) in [4.78, 5) is 9.09. The Kier molecular flexibility index (Phi) is 24.8. The van der Waals surface area contributed by atoms with Gasteiger partial charge < -0.3 is 29.5 Å². The lowest BCUT2D eigenvalue weighted by Gasteiger charge is -2.10. The molecule has 0 spiro atoms. The SMILES string of the molecule is CCO[Si](OCC)OCC.COC(N)=S.NC(=O)S. The first-order valence-electron chi connectivity index (χ1n) is 5.42. The van der Waals surface area contributed by atoms with E-state index in [0.717, 1.165) is 0 Å². The zero-order chi connectivity index (χ0) is 15.7. The Labute approximate surface area is 127 Å². The minimum absolute atomic E-state index is 0.0880. The summed E-state index contributed by atoms with van der Waals surface area (Å²) in [5.41, 5.74) is 9.14. The first kappa shape index (κ1) is 23.7. The smallest absolute Gasteiger partial charge is 0.475 e. The average molecular weight is 332 g/mol. The number of ether oxygens (including phenoxy) is 1. The minimum Gasteiger partial charge on any atom is -0.475 e. The number of amides is 1. The van der Waals surface area contributed by atoms with Crippen LogP contribution in [0.5, 0.6) is 0 Å². The summed E-state index contributed by atoms with van der Waals surface area (Å²) in [7, 11) is 0.0355. The van der Waals surface area contributed by atoms with Crippen molar-refractivity contribution >= 4 is 44.8 Å². The van der Waals surface area contributed by atoms with Crippen molar-refractivity contribution in [3.05, 3.63) is 0 Å². The second kappa shape index (κ2) is 19.9. The van der Waals surface area contributed by atoms with Gasteiger partial charge in [-0.25, -0.2) is 0 Å². The molecule has 0 aliphatic heterocycles. The third-order valence-electron chi connectivity index (χ3n) is 0.988. The van der Waals surface area contributed by atoms with E-state index in [-0.39, 0.29) is 5.17 Å². The standard InChI is InChI=1S/C6H15O3Si.C2H5NOS.CH3NOS/c1-4-7-10(8-5-2)9-6-3;1-4-2(3)5;2-1(3)4/h4-6H2,1-3H3;1H3,(H2,3,5);(H3,2,3,4). The molecule has 0 aliphatic rings. The van der Waals surface area contributed by atoms with Gasteiger partial charge in [0.05, 0.1) is 7.11 Å². The molecule has 19 heavy (non-hydrogen) atoms. The van der Waals surface area contributed by atoms with Crippen LogP contribution in [0, 0.1) is 0 Å². The Morgan fingerprint density at radius 1 is 1.11 bits per heavy atom. The van der Waals surface area contributed by atoms with Gasteiger partial charge in [-0.15, -0.1) is 0 Å². The Morgan fingerprint density at radius 3 is 1.42 bits per heavy atom. The fourth-order valence-electron chi connectivity index (χ4n) is 0.479. The number of carbonyl (C=O) groups is 1. The van der Waals surface area contributed by atoms with Gasteiger partial charge in [0.25, 0.3) is 10.4 Å². The average Bonchev–Trinajstić information content (AvgIpc) is 2.30. The quantitative estimate of drug-likeness (QED) is 0.378. The molecular weight excluding hydrogens is 308 g/mol. The molecule has 0 saturated carbocycles. The highest BCUT2D eigenvalue weighted by Crippen LogP contribution is 1.91. The van der Waals surface area contributed by atoms with Crippen LogP contribution in [-0.2, 0) is 18.0 Å². The summed E-state index contributed by atoms with van der Waals surface area (Å²) in [6.45, 7) is 7.78. The van der Waals surface area contributed by atoms with Crippen molar-refractivity contribution < 1.29 is 22.8 Å². The molecule has 0 fully saturated rings. The van der Waals surface area contributed by atoms with Gasteiger partial charge in [-0.1, -0.05) is 12.6 Å². The Balaban J connectivity index is -0.000000238. The van der Waals surface area contributed by atoms with Crippen LogP contribution < -0.4 is 11.5 Å². The van der Waals surface area contributed by atoms with Gasteiger partial charge in [0.2, 0.25) is 0 Å². The van der Waals surface area contributed by atoms with Crippen molar-refractivity contribution in [1.29, 1.82) is 0 Å². The number of methoxy groups -OCH3 is 1. The van der Waals surface area contributed by atoms with Crippen molar-refractivity contribution in [2.45, 2.75) is 20.8 Å². The Hall–Kier alpha value is -0.393. The van der Waals surface area contributed by atoms with Crippen LogP contribution in [0.25, 0.3) is 0 Å². The molecule has 7 nitrogen and oxygen atoms in total. The van der Waals surface area contributed by atoms with Gasteiger partial charge in [-0.05, 0) is 33.0 Å². The summed E-state index contributed by atoms with van der Waals surface area (Å²) < 4.78 is 19.8. The highest BCUT2D eigenvalue weighted by molar-refractivity contribution is 7.96. The van der Waals surface area contributed by atoms with E-state index < -0.39 is 14.8 Å². The molecule has 0 unspecified atom stereocenters. The summed E-state index contributed by atoms with van der Waals surface area (Å²) in [5.74, 6) is 0. The van der Waals surface area contributed by atoms with Crippen LogP contribution in [0.1, 0.15) is 20.8 Å². The molecule has 0 atom stereocenters. The fourth-order valence-corrected chi connectivity index (χ4v) is 1.44. The first-order valence-corrected chi connectivity index (χ1v) is 7.50. The number of nitrogens with two attached hydrogens (primary N) is 2. The largest absolute Gasteiger partial charge is 0.577 e. The summed E-state index contributed by atoms with van der Waals surface area (Å²) in [6, 6.07) is 0. The van der Waals surface area contributed by atoms with Gasteiger partial charge in [0.15, 0.2) is 0 Å². The molecular formula is C9H23N2O5S2Si. The molecule has 115 valence electrons. The minimum atomic E-state index is -1.40. The molecule has 1 radical (unpaired) electrons. The second-order valence-corrected chi connectivity index (χ2v) is 4.62. The maximum Gasteiger partial charge on any atom is 0.577 e. The molecule has 4 N–H and O–H groups in total. The molecule has 0 heterocycles. The number of thiol groups is 1. The van der Waals surface area contributed by atoms with Crippen molar-refractivity contribution in [3.63, 3.8) is 0 Å². The zero-order valence-corrected chi connectivity index (χ0v) is 14.4. The van der Waals surface area contributed by atoms with Crippen molar-refractivity contribution in [3.8, 4) is 0 Å². The predicted octanol–water partition coefficient (Wildman–Crippen LogP) is 0.952. The van der Waals surface area contributed by atoms with Gasteiger partial charge in [-0.2, -0.15) is 0 Å². The van der Waals surface area contributed by atoms with Gasteiger partial charge >= 0.3 is 9.53 Å². The molecule has 0 saturated heterocycles. The Morgan fingerprint density at radius 2 is 1.32 bits per heavy atom. The van der Waals surface area contributed by atoms with E-state index in [4.69, 9.17) is 23.8 Å². The molecule has 10 heteroatoms. The van der Waals surface area contributed by atoms with E-state index in [1.165, 1.54) is 7.11 Å². The third kappa shape index (κ3) is 38.1. The molecule has 1 amide bonds. The molecule has 0 bridgehead atoms. The first-order chi connectivity index (χ1) is 8.85. The van der Waals surface area contributed by atoms with E-state index in [1.807, 2.05) is 20.8 Å². The molecule has 0 aromatic carbocycles. The van der Waals surface area contributed by atoms with Crippen LogP contribution in [0.4, 0.5) is 4.79 Å². The number of hydrogen-bond donors (Lipinski definition) is 3. The highest BCUT2D eigenvalue weighted by atomic mass is 32.1. The van der Waals surface area contributed by atoms with Crippen molar-refractivity contribution in [2.24, 2.45) is 11.5 Å².